The zero-order valence-corrected chi connectivity index (χ0v) is 10.8. The maximum atomic E-state index is 12.3. The number of hydrogen-bond donors (Lipinski definition) is 0. The first kappa shape index (κ1) is 13.2. The molecule has 1 amide bonds. The quantitative estimate of drug-likeness (QED) is 0.815. The van der Waals surface area contributed by atoms with Crippen LogP contribution >= 0.6 is 0 Å². The van der Waals surface area contributed by atoms with Crippen molar-refractivity contribution in [2.24, 2.45) is 0 Å². The highest BCUT2D eigenvalue weighted by Crippen LogP contribution is 2.04. The molecule has 0 aromatic carbocycles. The molecule has 2 aromatic heterocycles. The smallest absolute Gasteiger partial charge is 0.329 e. The molecule has 100 valence electrons. The lowest BCUT2D eigenvalue weighted by Gasteiger charge is -2.21. The highest BCUT2D eigenvalue weighted by atomic mass is 16.5. The summed E-state index contributed by atoms with van der Waals surface area (Å²) in [5.41, 5.74) is 0.840. The maximum absolute atomic E-state index is 12.3. The number of carbonyl (C=O) groups excluding carboxylic acids is 1. The van der Waals surface area contributed by atoms with Crippen molar-refractivity contribution in [3.63, 3.8) is 0 Å². The molecule has 0 aliphatic rings. The summed E-state index contributed by atoms with van der Waals surface area (Å²) in [6.45, 7) is 1.43. The zero-order valence-electron chi connectivity index (χ0n) is 10.8. The van der Waals surface area contributed by atoms with Gasteiger partial charge in [0.05, 0.1) is 18.8 Å². The van der Waals surface area contributed by atoms with Crippen LogP contribution in [0.5, 0.6) is 0 Å². The number of carbonyl (C=O) groups is 1. The monoisotopic (exact) mass is 260 g/mol. The van der Waals surface area contributed by atoms with Crippen molar-refractivity contribution in [2.45, 2.75) is 6.54 Å². The topological polar surface area (TPSA) is 60.2 Å². The summed E-state index contributed by atoms with van der Waals surface area (Å²) in [5, 5.41) is 0. The molecule has 19 heavy (non-hydrogen) atoms. The maximum Gasteiger partial charge on any atom is 0.329 e. The molecule has 0 N–H and O–H groups in total. The number of ether oxygens (including phenoxy) is 1. The molecule has 0 spiro atoms. The Kier molecular flexibility index (Phi) is 4.63. The number of pyridine rings is 1. The molecule has 0 aliphatic heterocycles. The Morgan fingerprint density at radius 1 is 1.42 bits per heavy atom. The number of amides is 1. The minimum atomic E-state index is -0.139. The Hall–Kier alpha value is -2.21. The zero-order chi connectivity index (χ0) is 13.5. The van der Waals surface area contributed by atoms with E-state index in [9.17, 15) is 4.79 Å². The van der Waals surface area contributed by atoms with Gasteiger partial charge in [-0.2, -0.15) is 0 Å². The van der Waals surface area contributed by atoms with E-state index in [2.05, 4.69) is 9.97 Å². The average molecular weight is 260 g/mol. The summed E-state index contributed by atoms with van der Waals surface area (Å²) in [7, 11) is 1.61. The summed E-state index contributed by atoms with van der Waals surface area (Å²) in [5.74, 6) is 0. The molecule has 2 heterocycles. The lowest BCUT2D eigenvalue weighted by Crippen LogP contribution is -2.36. The second-order valence-electron chi connectivity index (χ2n) is 3.99. The summed E-state index contributed by atoms with van der Waals surface area (Å²) < 4.78 is 6.48. The van der Waals surface area contributed by atoms with E-state index in [1.54, 1.807) is 30.6 Å². The molecule has 2 aromatic rings. The van der Waals surface area contributed by atoms with E-state index >= 15 is 0 Å². The Morgan fingerprint density at radius 2 is 2.32 bits per heavy atom. The van der Waals surface area contributed by atoms with Crippen LogP contribution in [0.15, 0.2) is 43.1 Å². The van der Waals surface area contributed by atoms with Gasteiger partial charge in [-0.1, -0.05) is 6.07 Å². The third-order valence-electron chi connectivity index (χ3n) is 2.64. The predicted octanol–water partition coefficient (Wildman–Crippen LogP) is 1.39. The molecule has 0 radical (unpaired) electrons. The Labute approximate surface area is 111 Å². The fourth-order valence-electron chi connectivity index (χ4n) is 1.67. The lowest BCUT2D eigenvalue weighted by molar-refractivity contribution is 0.146. The van der Waals surface area contributed by atoms with Crippen LogP contribution in [0.25, 0.3) is 0 Å². The van der Waals surface area contributed by atoms with E-state index in [1.807, 2.05) is 18.2 Å². The first-order valence-corrected chi connectivity index (χ1v) is 5.97. The molecule has 0 bridgehead atoms. The average Bonchev–Trinajstić information content (AvgIpc) is 2.98. The minimum absolute atomic E-state index is 0.139. The summed E-state index contributed by atoms with van der Waals surface area (Å²) >= 11 is 0. The Balaban J connectivity index is 2.09. The van der Waals surface area contributed by atoms with E-state index in [0.29, 0.717) is 19.7 Å². The van der Waals surface area contributed by atoms with Gasteiger partial charge in [0.25, 0.3) is 0 Å². The fourth-order valence-corrected chi connectivity index (χ4v) is 1.67. The van der Waals surface area contributed by atoms with E-state index in [4.69, 9.17) is 4.74 Å². The molecular weight excluding hydrogens is 244 g/mol. The molecule has 0 saturated heterocycles. The molecule has 6 nitrogen and oxygen atoms in total. The van der Waals surface area contributed by atoms with E-state index < -0.39 is 0 Å². The third kappa shape index (κ3) is 3.62. The van der Waals surface area contributed by atoms with Gasteiger partial charge in [0.2, 0.25) is 0 Å². The van der Waals surface area contributed by atoms with Crippen molar-refractivity contribution in [3.05, 3.63) is 48.8 Å². The first-order chi connectivity index (χ1) is 9.31. The number of rotatable bonds is 5. The van der Waals surface area contributed by atoms with Crippen molar-refractivity contribution < 1.29 is 9.53 Å². The van der Waals surface area contributed by atoms with Gasteiger partial charge in [0.1, 0.15) is 6.33 Å². The van der Waals surface area contributed by atoms with Crippen LogP contribution in [0.2, 0.25) is 0 Å². The van der Waals surface area contributed by atoms with Gasteiger partial charge in [-0.25, -0.2) is 9.78 Å². The lowest BCUT2D eigenvalue weighted by atomic mass is 10.3. The van der Waals surface area contributed by atoms with Crippen molar-refractivity contribution in [1.82, 2.24) is 19.4 Å². The molecular formula is C13H16N4O2. The van der Waals surface area contributed by atoms with Crippen LogP contribution in [0.3, 0.4) is 0 Å². The summed E-state index contributed by atoms with van der Waals surface area (Å²) in [4.78, 5) is 22.1. The normalized spacial score (nSPS) is 10.4. The molecule has 0 unspecified atom stereocenters. The molecule has 0 saturated carbocycles. The molecule has 2 rings (SSSR count). The largest absolute Gasteiger partial charge is 0.383 e. The number of nitrogens with zero attached hydrogens (tertiary/aromatic N) is 4. The minimum Gasteiger partial charge on any atom is -0.383 e. The van der Waals surface area contributed by atoms with Gasteiger partial charge in [-0.05, 0) is 12.1 Å². The van der Waals surface area contributed by atoms with Crippen molar-refractivity contribution >= 4 is 6.03 Å². The SMILES string of the molecule is COCCN(Cc1ccccn1)C(=O)n1ccnc1. The second-order valence-corrected chi connectivity index (χ2v) is 3.99. The molecule has 0 aliphatic carbocycles. The Morgan fingerprint density at radius 3 is 2.95 bits per heavy atom. The van der Waals surface area contributed by atoms with Crippen molar-refractivity contribution in [3.8, 4) is 0 Å². The summed E-state index contributed by atoms with van der Waals surface area (Å²) in [6.07, 6.45) is 6.40. The highest BCUT2D eigenvalue weighted by molar-refractivity contribution is 5.76. The van der Waals surface area contributed by atoms with Crippen LogP contribution in [-0.2, 0) is 11.3 Å². The third-order valence-corrected chi connectivity index (χ3v) is 2.64. The van der Waals surface area contributed by atoms with Gasteiger partial charge >= 0.3 is 6.03 Å². The predicted molar refractivity (Wildman–Crippen MR) is 69.5 cm³/mol. The number of hydrogen-bond acceptors (Lipinski definition) is 4. The van der Waals surface area contributed by atoms with Gasteiger partial charge in [-0.3, -0.25) is 9.55 Å². The molecule has 0 atom stereocenters. The van der Waals surface area contributed by atoms with Gasteiger partial charge in [-0.15, -0.1) is 0 Å². The number of methoxy groups -OCH3 is 1. The van der Waals surface area contributed by atoms with E-state index in [-0.39, 0.29) is 6.03 Å². The van der Waals surface area contributed by atoms with Crippen LogP contribution in [-0.4, -0.2) is 45.7 Å². The Bertz CT molecular complexity index is 499. The van der Waals surface area contributed by atoms with Crippen LogP contribution < -0.4 is 0 Å². The number of aromatic nitrogens is 3. The van der Waals surface area contributed by atoms with E-state index in [1.165, 1.54) is 10.9 Å². The van der Waals surface area contributed by atoms with Crippen molar-refractivity contribution in [2.75, 3.05) is 20.3 Å². The number of imidazole rings is 1. The first-order valence-electron chi connectivity index (χ1n) is 5.97. The van der Waals surface area contributed by atoms with Crippen LogP contribution in [0, 0.1) is 0 Å². The van der Waals surface area contributed by atoms with Crippen molar-refractivity contribution in [1.29, 1.82) is 0 Å². The molecule has 0 fully saturated rings. The van der Waals surface area contributed by atoms with Crippen LogP contribution in [0.1, 0.15) is 5.69 Å². The van der Waals surface area contributed by atoms with Gasteiger partial charge in [0.15, 0.2) is 0 Å². The standard InChI is InChI=1S/C13H16N4O2/c1-19-9-8-16(10-12-4-2-3-5-15-12)13(18)17-7-6-14-11-17/h2-7,11H,8-10H2,1H3. The van der Waals surface area contributed by atoms with Crippen LogP contribution in [0.4, 0.5) is 4.79 Å². The second kappa shape index (κ2) is 6.65. The van der Waals surface area contributed by atoms with Gasteiger partial charge < -0.3 is 9.64 Å². The molecule has 6 heteroatoms. The fraction of sp³-hybridized carbons (Fsp3) is 0.308. The highest BCUT2D eigenvalue weighted by Gasteiger charge is 2.15. The van der Waals surface area contributed by atoms with E-state index in [0.717, 1.165) is 5.69 Å². The summed E-state index contributed by atoms with van der Waals surface area (Å²) in [6, 6.07) is 5.50. The van der Waals surface area contributed by atoms with Gasteiger partial charge in [0, 0.05) is 32.2 Å².